The van der Waals surface area contributed by atoms with E-state index in [0.717, 1.165) is 16.8 Å². The predicted octanol–water partition coefficient (Wildman–Crippen LogP) is 2.04. The zero-order valence-electron chi connectivity index (χ0n) is 10.8. The van der Waals surface area contributed by atoms with Crippen LogP contribution in [0.4, 0.5) is 5.95 Å². The van der Waals surface area contributed by atoms with Crippen LogP contribution in [-0.4, -0.2) is 34.4 Å². The second kappa shape index (κ2) is 5.64. The Kier molecular flexibility index (Phi) is 3.94. The van der Waals surface area contributed by atoms with Gasteiger partial charge in [-0.15, -0.1) is 5.10 Å². The lowest BCUT2D eigenvalue weighted by atomic mass is 10.3. The van der Waals surface area contributed by atoms with Crippen LogP contribution in [0.3, 0.4) is 0 Å². The van der Waals surface area contributed by atoms with E-state index in [9.17, 15) is 0 Å². The van der Waals surface area contributed by atoms with Crippen LogP contribution in [0, 0.1) is 6.92 Å². The van der Waals surface area contributed by atoms with Gasteiger partial charge < -0.3 is 10.1 Å². The van der Waals surface area contributed by atoms with E-state index in [1.807, 2.05) is 32.2 Å². The SMILES string of the molecule is C=C(C)COCCNc1nc2c(C)cccn2n1. The van der Waals surface area contributed by atoms with Crippen molar-refractivity contribution in [1.82, 2.24) is 14.6 Å². The van der Waals surface area contributed by atoms with Gasteiger partial charge in [-0.1, -0.05) is 18.2 Å². The first-order valence-corrected chi connectivity index (χ1v) is 5.95. The number of fused-ring (bicyclic) bond motifs is 1. The molecule has 2 heterocycles. The molecule has 18 heavy (non-hydrogen) atoms. The van der Waals surface area contributed by atoms with Gasteiger partial charge >= 0.3 is 0 Å². The number of rotatable bonds is 6. The quantitative estimate of drug-likeness (QED) is 0.626. The molecule has 2 rings (SSSR count). The molecule has 0 unspecified atom stereocenters. The fraction of sp³-hybridized carbons (Fsp3) is 0.385. The summed E-state index contributed by atoms with van der Waals surface area (Å²) in [7, 11) is 0. The van der Waals surface area contributed by atoms with Crippen LogP contribution in [-0.2, 0) is 4.74 Å². The largest absolute Gasteiger partial charge is 0.375 e. The number of anilines is 1. The highest BCUT2D eigenvalue weighted by atomic mass is 16.5. The van der Waals surface area contributed by atoms with Gasteiger partial charge in [0, 0.05) is 12.7 Å². The van der Waals surface area contributed by atoms with Crippen molar-refractivity contribution in [2.24, 2.45) is 0 Å². The summed E-state index contributed by atoms with van der Waals surface area (Å²) in [5.74, 6) is 0.628. The first-order chi connectivity index (χ1) is 8.66. The monoisotopic (exact) mass is 246 g/mol. The summed E-state index contributed by atoms with van der Waals surface area (Å²) >= 11 is 0. The zero-order chi connectivity index (χ0) is 13.0. The maximum absolute atomic E-state index is 5.39. The van der Waals surface area contributed by atoms with E-state index in [-0.39, 0.29) is 0 Å². The highest BCUT2D eigenvalue weighted by Gasteiger charge is 2.04. The van der Waals surface area contributed by atoms with Crippen LogP contribution in [0.25, 0.3) is 5.65 Å². The predicted molar refractivity (Wildman–Crippen MR) is 71.8 cm³/mol. The average molecular weight is 246 g/mol. The molecule has 2 aromatic heterocycles. The Balaban J connectivity index is 1.88. The standard InChI is InChI=1S/C13H18N4O/c1-10(2)9-18-8-6-14-13-15-12-11(3)5-4-7-17(12)16-13/h4-5,7H,1,6,8-9H2,2-3H3,(H,14,16). The summed E-state index contributed by atoms with van der Waals surface area (Å²) < 4.78 is 7.16. The van der Waals surface area contributed by atoms with E-state index in [1.54, 1.807) is 4.52 Å². The summed E-state index contributed by atoms with van der Waals surface area (Å²) in [4.78, 5) is 4.41. The fourth-order valence-electron chi connectivity index (χ4n) is 1.60. The number of nitrogens with one attached hydrogen (secondary N) is 1. The number of hydrogen-bond acceptors (Lipinski definition) is 4. The van der Waals surface area contributed by atoms with E-state index in [2.05, 4.69) is 22.0 Å². The van der Waals surface area contributed by atoms with Crippen molar-refractivity contribution in [2.75, 3.05) is 25.1 Å². The van der Waals surface area contributed by atoms with E-state index in [4.69, 9.17) is 4.74 Å². The zero-order valence-corrected chi connectivity index (χ0v) is 10.8. The van der Waals surface area contributed by atoms with Gasteiger partial charge in [0.1, 0.15) is 0 Å². The molecule has 0 bridgehead atoms. The third kappa shape index (κ3) is 3.07. The highest BCUT2D eigenvalue weighted by Crippen LogP contribution is 2.09. The summed E-state index contributed by atoms with van der Waals surface area (Å²) in [6, 6.07) is 3.97. The summed E-state index contributed by atoms with van der Waals surface area (Å²) in [5, 5.41) is 7.46. The van der Waals surface area contributed by atoms with Crippen molar-refractivity contribution < 1.29 is 4.74 Å². The van der Waals surface area contributed by atoms with Gasteiger partial charge in [-0.05, 0) is 25.5 Å². The van der Waals surface area contributed by atoms with E-state index in [0.29, 0.717) is 25.7 Å². The molecule has 1 N–H and O–H groups in total. The molecule has 0 amide bonds. The van der Waals surface area contributed by atoms with Gasteiger partial charge in [0.05, 0.1) is 13.2 Å². The molecule has 5 heteroatoms. The number of aromatic nitrogens is 3. The summed E-state index contributed by atoms with van der Waals surface area (Å²) in [5.41, 5.74) is 3.01. The van der Waals surface area contributed by atoms with E-state index in [1.165, 1.54) is 0 Å². The molecule has 0 saturated heterocycles. The van der Waals surface area contributed by atoms with Gasteiger partial charge in [-0.2, -0.15) is 4.98 Å². The smallest absolute Gasteiger partial charge is 0.243 e. The fourth-order valence-corrected chi connectivity index (χ4v) is 1.60. The number of ether oxygens (including phenoxy) is 1. The number of pyridine rings is 1. The van der Waals surface area contributed by atoms with Crippen molar-refractivity contribution >= 4 is 11.6 Å². The second-order valence-electron chi connectivity index (χ2n) is 4.33. The van der Waals surface area contributed by atoms with Crippen LogP contribution < -0.4 is 5.32 Å². The van der Waals surface area contributed by atoms with Crippen molar-refractivity contribution in [3.8, 4) is 0 Å². The van der Waals surface area contributed by atoms with Gasteiger partial charge in [0.2, 0.25) is 5.95 Å². The van der Waals surface area contributed by atoms with Crippen LogP contribution in [0.5, 0.6) is 0 Å². The van der Waals surface area contributed by atoms with Crippen molar-refractivity contribution in [3.05, 3.63) is 36.0 Å². The third-order valence-corrected chi connectivity index (χ3v) is 2.44. The molecule has 0 atom stereocenters. The van der Waals surface area contributed by atoms with E-state index < -0.39 is 0 Å². The Hall–Kier alpha value is -1.88. The molecule has 2 aromatic rings. The molecule has 0 aliphatic heterocycles. The molecule has 0 aliphatic carbocycles. The van der Waals surface area contributed by atoms with Crippen LogP contribution in [0.2, 0.25) is 0 Å². The molecule has 0 spiro atoms. The number of hydrogen-bond donors (Lipinski definition) is 1. The molecular formula is C13H18N4O. The van der Waals surface area contributed by atoms with Gasteiger partial charge in [-0.25, -0.2) is 4.52 Å². The molecule has 0 fully saturated rings. The number of aryl methyl sites for hydroxylation is 1. The van der Waals surface area contributed by atoms with Crippen molar-refractivity contribution in [2.45, 2.75) is 13.8 Å². The minimum absolute atomic E-state index is 0.597. The van der Waals surface area contributed by atoms with Crippen molar-refractivity contribution in [1.29, 1.82) is 0 Å². The van der Waals surface area contributed by atoms with Gasteiger partial charge in [-0.3, -0.25) is 0 Å². The molecular weight excluding hydrogens is 228 g/mol. The number of nitrogens with zero attached hydrogens (tertiary/aromatic N) is 3. The first kappa shape index (κ1) is 12.6. The lowest BCUT2D eigenvalue weighted by molar-refractivity contribution is 0.167. The second-order valence-corrected chi connectivity index (χ2v) is 4.33. The highest BCUT2D eigenvalue weighted by molar-refractivity contribution is 5.49. The topological polar surface area (TPSA) is 51.5 Å². The Labute approximate surface area is 106 Å². The molecule has 0 radical (unpaired) electrons. The molecule has 0 aliphatic rings. The van der Waals surface area contributed by atoms with Crippen molar-refractivity contribution in [3.63, 3.8) is 0 Å². The maximum Gasteiger partial charge on any atom is 0.243 e. The van der Waals surface area contributed by atoms with Crippen LogP contribution in [0.1, 0.15) is 12.5 Å². The average Bonchev–Trinajstić information content (AvgIpc) is 2.72. The van der Waals surface area contributed by atoms with Crippen LogP contribution >= 0.6 is 0 Å². The normalized spacial score (nSPS) is 10.8. The molecule has 0 aromatic carbocycles. The summed E-state index contributed by atoms with van der Waals surface area (Å²) in [6.07, 6.45) is 1.89. The Bertz CT molecular complexity index is 547. The molecule has 96 valence electrons. The van der Waals surface area contributed by atoms with E-state index >= 15 is 0 Å². The lowest BCUT2D eigenvalue weighted by Crippen LogP contribution is -2.11. The minimum Gasteiger partial charge on any atom is -0.375 e. The lowest BCUT2D eigenvalue weighted by Gasteiger charge is -2.03. The first-order valence-electron chi connectivity index (χ1n) is 5.95. The Morgan fingerprint density at radius 3 is 3.11 bits per heavy atom. The minimum atomic E-state index is 0.597. The third-order valence-electron chi connectivity index (χ3n) is 2.44. The summed E-state index contributed by atoms with van der Waals surface area (Å²) in [6.45, 7) is 9.63. The molecule has 0 saturated carbocycles. The van der Waals surface area contributed by atoms with Crippen LogP contribution in [0.15, 0.2) is 30.5 Å². The van der Waals surface area contributed by atoms with Gasteiger partial charge in [0.25, 0.3) is 0 Å². The Morgan fingerprint density at radius 1 is 1.56 bits per heavy atom. The van der Waals surface area contributed by atoms with Gasteiger partial charge in [0.15, 0.2) is 5.65 Å². The molecule has 5 nitrogen and oxygen atoms in total. The maximum atomic E-state index is 5.39. The Morgan fingerprint density at radius 2 is 2.39 bits per heavy atom.